The van der Waals surface area contributed by atoms with Gasteiger partial charge in [-0.1, -0.05) is 30.3 Å². The van der Waals surface area contributed by atoms with E-state index in [1.54, 1.807) is 0 Å². The number of carbonyl (C=O) groups excluding carboxylic acids is 2. The summed E-state index contributed by atoms with van der Waals surface area (Å²) in [6.07, 6.45) is 5.92. The van der Waals surface area contributed by atoms with Crippen LogP contribution in [0.1, 0.15) is 50.0 Å². The third-order valence-corrected chi connectivity index (χ3v) is 6.50. The van der Waals surface area contributed by atoms with Crippen LogP contribution in [0.2, 0.25) is 0 Å². The molecule has 26 heavy (non-hydrogen) atoms. The maximum Gasteiger partial charge on any atom is 0.230 e. The number of rotatable bonds is 5. The molecule has 0 bridgehead atoms. The summed E-state index contributed by atoms with van der Waals surface area (Å²) >= 11 is 0. The molecule has 1 atom stereocenters. The third kappa shape index (κ3) is 3.63. The molecule has 2 saturated heterocycles. The van der Waals surface area contributed by atoms with Crippen molar-refractivity contribution in [2.45, 2.75) is 50.5 Å². The monoisotopic (exact) mass is 355 g/mol. The number of likely N-dealkylation sites (tertiary alicyclic amines) is 2. The van der Waals surface area contributed by atoms with Gasteiger partial charge in [-0.3, -0.25) is 9.59 Å². The summed E-state index contributed by atoms with van der Waals surface area (Å²) in [6, 6.07) is 10.8. The molecule has 3 fully saturated rings. The molecule has 1 aromatic carbocycles. The molecule has 2 amide bonds. The number of primary amides is 1. The second kappa shape index (κ2) is 7.03. The third-order valence-electron chi connectivity index (χ3n) is 6.50. The molecule has 5 heteroatoms. The van der Waals surface area contributed by atoms with Crippen molar-refractivity contribution in [3.05, 3.63) is 35.9 Å². The van der Waals surface area contributed by atoms with Crippen molar-refractivity contribution >= 4 is 11.8 Å². The zero-order valence-electron chi connectivity index (χ0n) is 15.4. The van der Waals surface area contributed by atoms with Gasteiger partial charge in [-0.25, -0.2) is 0 Å². The van der Waals surface area contributed by atoms with Gasteiger partial charge in [0.05, 0.1) is 5.92 Å². The number of benzene rings is 1. The minimum absolute atomic E-state index is 0.00252. The first-order valence-corrected chi connectivity index (χ1v) is 9.92. The Hall–Kier alpha value is -1.88. The summed E-state index contributed by atoms with van der Waals surface area (Å²) in [5.41, 5.74) is 6.68. The minimum Gasteiger partial charge on any atom is -0.370 e. The van der Waals surface area contributed by atoms with Crippen LogP contribution in [0.25, 0.3) is 0 Å². The van der Waals surface area contributed by atoms with E-state index in [0.717, 1.165) is 58.3 Å². The lowest BCUT2D eigenvalue weighted by Crippen LogP contribution is -2.54. The molecule has 4 rings (SSSR count). The van der Waals surface area contributed by atoms with Crippen LogP contribution in [-0.2, 0) is 9.59 Å². The van der Waals surface area contributed by atoms with Crippen molar-refractivity contribution in [2.75, 3.05) is 26.2 Å². The first-order chi connectivity index (χ1) is 12.6. The molecule has 140 valence electrons. The molecule has 1 spiro atoms. The molecule has 1 saturated carbocycles. The fourth-order valence-corrected chi connectivity index (χ4v) is 4.75. The zero-order chi connectivity index (χ0) is 18.1. The van der Waals surface area contributed by atoms with Crippen molar-refractivity contribution in [3.8, 4) is 0 Å². The second-order valence-electron chi connectivity index (χ2n) is 8.42. The van der Waals surface area contributed by atoms with Crippen LogP contribution in [0, 0.1) is 5.41 Å². The van der Waals surface area contributed by atoms with Gasteiger partial charge in [0.2, 0.25) is 11.8 Å². The molecule has 3 aliphatic rings. The van der Waals surface area contributed by atoms with Crippen LogP contribution in [0.3, 0.4) is 0 Å². The summed E-state index contributed by atoms with van der Waals surface area (Å²) < 4.78 is 0. The lowest BCUT2D eigenvalue weighted by atomic mass is 9.67. The van der Waals surface area contributed by atoms with E-state index in [1.807, 2.05) is 18.2 Å². The topological polar surface area (TPSA) is 66.6 Å². The average molecular weight is 355 g/mol. The Labute approximate surface area is 155 Å². The highest BCUT2D eigenvalue weighted by molar-refractivity contribution is 5.85. The molecular weight excluding hydrogens is 326 g/mol. The normalized spacial score (nSPS) is 26.2. The fourth-order valence-electron chi connectivity index (χ4n) is 4.75. The zero-order valence-corrected chi connectivity index (χ0v) is 15.4. The summed E-state index contributed by atoms with van der Waals surface area (Å²) in [5.74, 6) is 0.112. The van der Waals surface area contributed by atoms with Gasteiger partial charge in [0.15, 0.2) is 0 Å². The van der Waals surface area contributed by atoms with Crippen LogP contribution in [0.4, 0.5) is 0 Å². The molecule has 5 nitrogen and oxygen atoms in total. The number of nitrogens with zero attached hydrogens (tertiary/aromatic N) is 2. The van der Waals surface area contributed by atoms with Gasteiger partial charge in [0.25, 0.3) is 0 Å². The SMILES string of the molecule is NC(=O)CCN1CCC2(CC1)C[C@H](c1ccccc1)C(=O)N(C1CC1)C2. The van der Waals surface area contributed by atoms with Crippen molar-refractivity contribution in [2.24, 2.45) is 11.1 Å². The van der Waals surface area contributed by atoms with Crippen LogP contribution in [0.15, 0.2) is 30.3 Å². The van der Waals surface area contributed by atoms with Gasteiger partial charge in [-0.2, -0.15) is 0 Å². The van der Waals surface area contributed by atoms with E-state index in [4.69, 9.17) is 5.73 Å². The Morgan fingerprint density at radius 2 is 1.85 bits per heavy atom. The summed E-state index contributed by atoms with van der Waals surface area (Å²) in [5, 5.41) is 0. The van der Waals surface area contributed by atoms with Gasteiger partial charge in [-0.15, -0.1) is 0 Å². The number of amides is 2. The molecule has 2 N–H and O–H groups in total. The molecule has 2 aliphatic heterocycles. The Bertz CT molecular complexity index is 663. The number of piperidine rings is 2. The van der Waals surface area contributed by atoms with E-state index >= 15 is 0 Å². The Kier molecular flexibility index (Phi) is 4.74. The number of hydrogen-bond acceptors (Lipinski definition) is 3. The summed E-state index contributed by atoms with van der Waals surface area (Å²) in [4.78, 5) is 28.7. The van der Waals surface area contributed by atoms with E-state index in [9.17, 15) is 9.59 Å². The van der Waals surface area contributed by atoms with E-state index in [1.165, 1.54) is 5.56 Å². The average Bonchev–Trinajstić information content (AvgIpc) is 3.49. The summed E-state index contributed by atoms with van der Waals surface area (Å²) in [7, 11) is 0. The Morgan fingerprint density at radius 1 is 1.15 bits per heavy atom. The highest BCUT2D eigenvalue weighted by Gasteiger charge is 2.49. The molecule has 2 heterocycles. The van der Waals surface area contributed by atoms with Crippen LogP contribution in [0.5, 0.6) is 0 Å². The first-order valence-electron chi connectivity index (χ1n) is 9.92. The first kappa shape index (κ1) is 17.5. The molecule has 0 unspecified atom stereocenters. The number of hydrogen-bond donors (Lipinski definition) is 1. The maximum atomic E-state index is 13.1. The van der Waals surface area contributed by atoms with E-state index in [2.05, 4.69) is 21.9 Å². The minimum atomic E-state index is -0.224. The lowest BCUT2D eigenvalue weighted by Gasteiger charge is -2.50. The lowest BCUT2D eigenvalue weighted by molar-refractivity contribution is -0.142. The molecule has 0 aromatic heterocycles. The Morgan fingerprint density at radius 3 is 2.46 bits per heavy atom. The van der Waals surface area contributed by atoms with Gasteiger partial charge in [-0.05, 0) is 56.2 Å². The van der Waals surface area contributed by atoms with Crippen molar-refractivity contribution < 1.29 is 9.59 Å². The van der Waals surface area contributed by atoms with Crippen LogP contribution >= 0.6 is 0 Å². The molecule has 1 aromatic rings. The van der Waals surface area contributed by atoms with Gasteiger partial charge in [0.1, 0.15) is 0 Å². The predicted molar refractivity (Wildman–Crippen MR) is 100 cm³/mol. The van der Waals surface area contributed by atoms with Crippen LogP contribution in [-0.4, -0.2) is 53.8 Å². The highest BCUT2D eigenvalue weighted by atomic mass is 16.2. The number of carbonyl (C=O) groups is 2. The van der Waals surface area contributed by atoms with E-state index < -0.39 is 0 Å². The van der Waals surface area contributed by atoms with E-state index in [0.29, 0.717) is 18.4 Å². The second-order valence-corrected chi connectivity index (χ2v) is 8.42. The van der Waals surface area contributed by atoms with E-state index in [-0.39, 0.29) is 17.2 Å². The van der Waals surface area contributed by atoms with Gasteiger partial charge in [0, 0.05) is 25.6 Å². The number of nitrogens with two attached hydrogens (primary N) is 1. The smallest absolute Gasteiger partial charge is 0.230 e. The van der Waals surface area contributed by atoms with Crippen LogP contribution < -0.4 is 5.73 Å². The quantitative estimate of drug-likeness (QED) is 0.880. The highest BCUT2D eigenvalue weighted by Crippen LogP contribution is 2.48. The predicted octanol–water partition coefficient (Wildman–Crippen LogP) is 2.12. The van der Waals surface area contributed by atoms with Crippen molar-refractivity contribution in [3.63, 3.8) is 0 Å². The van der Waals surface area contributed by atoms with Gasteiger partial charge >= 0.3 is 0 Å². The Balaban J connectivity index is 1.49. The van der Waals surface area contributed by atoms with Crippen molar-refractivity contribution in [1.82, 2.24) is 9.80 Å². The standard InChI is InChI=1S/C21H29N3O2/c22-19(25)8-11-23-12-9-21(10-13-23)14-18(16-4-2-1-3-5-16)20(26)24(15-21)17-6-7-17/h1-5,17-18H,6-15H2,(H2,22,25)/t18-/m1/s1. The van der Waals surface area contributed by atoms with Gasteiger partial charge < -0.3 is 15.5 Å². The molecule has 1 aliphatic carbocycles. The maximum absolute atomic E-state index is 13.1. The summed E-state index contributed by atoms with van der Waals surface area (Å²) in [6.45, 7) is 3.69. The fraction of sp³-hybridized carbons (Fsp3) is 0.619. The largest absolute Gasteiger partial charge is 0.370 e. The van der Waals surface area contributed by atoms with Crippen molar-refractivity contribution in [1.29, 1.82) is 0 Å². The molecular formula is C21H29N3O2. The molecule has 0 radical (unpaired) electrons.